The number of amides is 1. The molecule has 0 unspecified atom stereocenters. The lowest BCUT2D eigenvalue weighted by Crippen LogP contribution is -2.34. The number of thiocarbonyl (C=S) groups is 1. The predicted octanol–water partition coefficient (Wildman–Crippen LogP) is 5.58. The summed E-state index contributed by atoms with van der Waals surface area (Å²) in [4.78, 5) is 27.4. The highest BCUT2D eigenvalue weighted by Gasteiger charge is 2.17. The van der Waals surface area contributed by atoms with Crippen LogP contribution in [0.15, 0.2) is 65.1 Å². The highest BCUT2D eigenvalue weighted by molar-refractivity contribution is 7.80. The Balaban J connectivity index is 1.47. The van der Waals surface area contributed by atoms with Gasteiger partial charge in [0, 0.05) is 23.4 Å². The normalized spacial score (nSPS) is 10.6. The summed E-state index contributed by atoms with van der Waals surface area (Å²) in [6.07, 6.45) is 0. The van der Waals surface area contributed by atoms with Crippen LogP contribution < -0.4 is 15.4 Å². The second kappa shape index (κ2) is 9.86. The van der Waals surface area contributed by atoms with E-state index >= 15 is 0 Å². The molecule has 1 amide bonds. The number of carbonyl (C=O) groups excluding carboxylic acids is 1. The van der Waals surface area contributed by atoms with Gasteiger partial charge in [-0.2, -0.15) is 0 Å². The molecule has 1 aromatic heterocycles. The van der Waals surface area contributed by atoms with Gasteiger partial charge in [-0.3, -0.25) is 20.2 Å². The number of nitro groups is 1. The van der Waals surface area contributed by atoms with Crippen molar-refractivity contribution in [1.82, 2.24) is 10.3 Å². The van der Waals surface area contributed by atoms with Crippen LogP contribution in [0.5, 0.6) is 5.75 Å². The van der Waals surface area contributed by atoms with Crippen LogP contribution in [0.1, 0.15) is 17.3 Å². The molecule has 0 aliphatic carbocycles. The number of nitrogens with zero attached hydrogens (tertiary/aromatic N) is 2. The maximum absolute atomic E-state index is 12.5. The lowest BCUT2D eigenvalue weighted by atomic mass is 10.2. The fourth-order valence-corrected chi connectivity index (χ4v) is 3.54. The van der Waals surface area contributed by atoms with Gasteiger partial charge in [-0.1, -0.05) is 11.6 Å². The number of carbonyl (C=O) groups is 1. The van der Waals surface area contributed by atoms with Gasteiger partial charge in [0.1, 0.15) is 11.3 Å². The van der Waals surface area contributed by atoms with Crippen LogP contribution in [0.25, 0.3) is 22.6 Å². The van der Waals surface area contributed by atoms with E-state index in [9.17, 15) is 14.9 Å². The second-order valence-corrected chi connectivity index (χ2v) is 7.80. The van der Waals surface area contributed by atoms with Crippen molar-refractivity contribution in [1.29, 1.82) is 0 Å². The van der Waals surface area contributed by atoms with E-state index < -0.39 is 10.8 Å². The maximum atomic E-state index is 12.5. The summed E-state index contributed by atoms with van der Waals surface area (Å²) in [5.74, 6) is 0.536. The molecule has 0 spiro atoms. The summed E-state index contributed by atoms with van der Waals surface area (Å²) in [7, 11) is 0. The zero-order valence-corrected chi connectivity index (χ0v) is 19.3. The summed E-state index contributed by atoms with van der Waals surface area (Å²) in [5, 5.41) is 16.4. The third-order valence-corrected chi connectivity index (χ3v) is 5.22. The number of anilines is 1. The van der Waals surface area contributed by atoms with Crippen LogP contribution in [0.3, 0.4) is 0 Å². The Labute approximate surface area is 203 Å². The number of non-ortho nitro benzene ring substituents is 1. The van der Waals surface area contributed by atoms with E-state index in [0.29, 0.717) is 29.3 Å². The van der Waals surface area contributed by atoms with E-state index in [-0.39, 0.29) is 21.4 Å². The van der Waals surface area contributed by atoms with Crippen LogP contribution in [-0.4, -0.2) is 27.5 Å². The largest absolute Gasteiger partial charge is 0.494 e. The number of hydrogen-bond donors (Lipinski definition) is 2. The number of oxazole rings is 1. The van der Waals surface area contributed by atoms with Crippen molar-refractivity contribution in [2.24, 2.45) is 0 Å². The minimum atomic E-state index is -0.675. The number of hydrogen-bond acceptors (Lipinski definition) is 7. The fraction of sp³-hybridized carbons (Fsp3) is 0.0870. The molecule has 0 atom stereocenters. The maximum Gasteiger partial charge on any atom is 0.270 e. The van der Waals surface area contributed by atoms with Crippen molar-refractivity contribution < 1.29 is 18.9 Å². The van der Waals surface area contributed by atoms with Gasteiger partial charge in [0.2, 0.25) is 5.89 Å². The van der Waals surface area contributed by atoms with Gasteiger partial charge in [0.15, 0.2) is 10.7 Å². The first-order valence-electron chi connectivity index (χ1n) is 10.0. The van der Waals surface area contributed by atoms with Crippen molar-refractivity contribution in [2.45, 2.75) is 6.92 Å². The Kier molecular flexibility index (Phi) is 6.71. The first kappa shape index (κ1) is 23.1. The predicted molar refractivity (Wildman–Crippen MR) is 132 cm³/mol. The summed E-state index contributed by atoms with van der Waals surface area (Å²) in [6, 6.07) is 16.1. The number of fused-ring (bicyclic) bond motifs is 1. The molecule has 0 aliphatic heterocycles. The van der Waals surface area contributed by atoms with Gasteiger partial charge in [-0.05, 0) is 67.7 Å². The third-order valence-electron chi connectivity index (χ3n) is 4.69. The Morgan fingerprint density at radius 2 is 1.94 bits per heavy atom. The average molecular weight is 497 g/mol. The molecule has 0 saturated carbocycles. The number of nitrogens with one attached hydrogen (secondary N) is 2. The molecule has 1 heterocycles. The number of rotatable bonds is 6. The van der Waals surface area contributed by atoms with Gasteiger partial charge in [0.25, 0.3) is 11.6 Å². The lowest BCUT2D eigenvalue weighted by molar-refractivity contribution is -0.384. The SMILES string of the molecule is CCOc1ccc(-c2nc3cc(NC(=S)NC(=O)c4cc([N+](=O)[O-])ccc4Cl)ccc3o2)cc1. The van der Waals surface area contributed by atoms with Crippen molar-refractivity contribution >= 4 is 57.3 Å². The monoisotopic (exact) mass is 496 g/mol. The van der Waals surface area contributed by atoms with Crippen LogP contribution in [0.4, 0.5) is 11.4 Å². The van der Waals surface area contributed by atoms with Gasteiger partial charge >= 0.3 is 0 Å². The summed E-state index contributed by atoms with van der Waals surface area (Å²) >= 11 is 11.2. The molecule has 11 heteroatoms. The molecular weight excluding hydrogens is 480 g/mol. The first-order valence-corrected chi connectivity index (χ1v) is 10.8. The molecule has 0 saturated heterocycles. The number of ether oxygens (including phenoxy) is 1. The van der Waals surface area contributed by atoms with E-state index in [0.717, 1.165) is 17.4 Å². The molecule has 4 aromatic rings. The zero-order valence-electron chi connectivity index (χ0n) is 17.7. The molecule has 2 N–H and O–H groups in total. The zero-order chi connectivity index (χ0) is 24.2. The highest BCUT2D eigenvalue weighted by atomic mass is 35.5. The standard InChI is InChI=1S/C23H17ClN4O5S/c1-2-32-16-7-3-13(4-8-16)22-26-19-11-14(5-10-20(19)33-22)25-23(34)27-21(29)17-12-15(28(30)31)6-9-18(17)24/h3-12H,2H2,1H3,(H2,25,27,29,34). The smallest absolute Gasteiger partial charge is 0.270 e. The van der Waals surface area contributed by atoms with E-state index in [2.05, 4.69) is 15.6 Å². The van der Waals surface area contributed by atoms with E-state index in [1.165, 1.54) is 12.1 Å². The number of nitro benzene ring substituents is 1. The fourth-order valence-electron chi connectivity index (χ4n) is 3.12. The Bertz CT molecular complexity index is 1400. The first-order chi connectivity index (χ1) is 16.3. The van der Waals surface area contributed by atoms with Gasteiger partial charge in [-0.25, -0.2) is 4.98 Å². The van der Waals surface area contributed by atoms with Gasteiger partial charge in [0.05, 0.1) is 22.1 Å². The second-order valence-electron chi connectivity index (χ2n) is 6.99. The lowest BCUT2D eigenvalue weighted by Gasteiger charge is -2.10. The van der Waals surface area contributed by atoms with Gasteiger partial charge in [-0.15, -0.1) is 0 Å². The minimum Gasteiger partial charge on any atom is -0.494 e. The molecule has 34 heavy (non-hydrogen) atoms. The van der Waals surface area contributed by atoms with Gasteiger partial charge < -0.3 is 14.5 Å². The van der Waals surface area contributed by atoms with Crippen molar-refractivity contribution in [3.63, 3.8) is 0 Å². The highest BCUT2D eigenvalue weighted by Crippen LogP contribution is 2.28. The molecule has 0 radical (unpaired) electrons. The molecular formula is C23H17ClN4O5S. The molecule has 4 rings (SSSR count). The van der Waals surface area contributed by atoms with E-state index in [1.54, 1.807) is 18.2 Å². The van der Waals surface area contributed by atoms with E-state index in [4.69, 9.17) is 33.0 Å². The van der Waals surface area contributed by atoms with Crippen LogP contribution in [-0.2, 0) is 0 Å². The molecule has 0 aliphatic rings. The third kappa shape index (κ3) is 5.13. The minimum absolute atomic E-state index is 0.0119. The van der Waals surface area contributed by atoms with Crippen LogP contribution in [0.2, 0.25) is 5.02 Å². The van der Waals surface area contributed by atoms with Crippen LogP contribution in [0, 0.1) is 10.1 Å². The Morgan fingerprint density at radius 1 is 1.18 bits per heavy atom. The summed E-state index contributed by atoms with van der Waals surface area (Å²) in [6.45, 7) is 2.50. The number of benzene rings is 3. The van der Waals surface area contributed by atoms with Crippen molar-refractivity contribution in [2.75, 3.05) is 11.9 Å². The molecule has 0 fully saturated rings. The van der Waals surface area contributed by atoms with Crippen molar-refractivity contribution in [3.8, 4) is 17.2 Å². The number of aromatic nitrogens is 1. The number of halogens is 1. The molecule has 3 aromatic carbocycles. The summed E-state index contributed by atoms with van der Waals surface area (Å²) < 4.78 is 11.3. The molecule has 172 valence electrons. The van der Waals surface area contributed by atoms with E-state index in [1.807, 2.05) is 31.2 Å². The Hall–Kier alpha value is -4.02. The van der Waals surface area contributed by atoms with Crippen LogP contribution >= 0.6 is 23.8 Å². The molecule has 0 bridgehead atoms. The Morgan fingerprint density at radius 3 is 2.65 bits per heavy atom. The molecule has 9 nitrogen and oxygen atoms in total. The topological polar surface area (TPSA) is 120 Å². The summed E-state index contributed by atoms with van der Waals surface area (Å²) in [5.41, 5.74) is 2.21. The van der Waals surface area contributed by atoms with Crippen molar-refractivity contribution in [3.05, 3.63) is 81.4 Å². The average Bonchev–Trinajstić information content (AvgIpc) is 3.23. The quantitative estimate of drug-likeness (QED) is 0.201.